The number of halogens is 3. The van der Waals surface area contributed by atoms with Crippen molar-refractivity contribution >= 4 is 56.0 Å². The largest absolute Gasteiger partial charge is 0.378 e. The summed E-state index contributed by atoms with van der Waals surface area (Å²) in [6, 6.07) is 5.63. The average Bonchev–Trinajstić information content (AvgIpc) is 2.32. The minimum absolute atomic E-state index is 0.107. The maximum absolute atomic E-state index is 11.8. The van der Waals surface area contributed by atoms with E-state index in [-0.39, 0.29) is 5.91 Å². The molecule has 0 aliphatic carbocycles. The number of carbonyl (C=O) groups is 1. The van der Waals surface area contributed by atoms with Crippen LogP contribution < -0.4 is 5.32 Å². The third-order valence-corrected chi connectivity index (χ3v) is 3.44. The topological polar surface area (TPSA) is 38.3 Å². The van der Waals surface area contributed by atoms with Gasteiger partial charge in [0, 0.05) is 20.5 Å². The average molecular weight is 432 g/mol. The highest BCUT2D eigenvalue weighted by Gasteiger charge is 2.09. The van der Waals surface area contributed by atoms with Crippen molar-refractivity contribution in [2.45, 2.75) is 0 Å². The van der Waals surface area contributed by atoms with Gasteiger partial charge in [0.25, 0.3) is 5.91 Å². The van der Waals surface area contributed by atoms with E-state index in [9.17, 15) is 4.79 Å². The number of hydrogen-bond donors (Lipinski definition) is 1. The number of carbonyl (C=O) groups excluding carboxylic acids is 1. The Morgan fingerprint density at radius 2 is 2.24 bits per heavy atom. The summed E-state index contributed by atoms with van der Waals surface area (Å²) in [4.78, 5) is 11.8. The van der Waals surface area contributed by atoms with Crippen molar-refractivity contribution in [2.75, 3.05) is 25.6 Å². The van der Waals surface area contributed by atoms with E-state index >= 15 is 0 Å². The number of alkyl halides is 1. The highest BCUT2D eigenvalue weighted by atomic mass is 127. The van der Waals surface area contributed by atoms with Gasteiger partial charge in [0.15, 0.2) is 0 Å². The molecule has 6 heteroatoms. The van der Waals surface area contributed by atoms with Gasteiger partial charge >= 0.3 is 0 Å². The number of benzene rings is 1. The molecule has 17 heavy (non-hydrogen) atoms. The molecular formula is C11H12BrClINO2. The van der Waals surface area contributed by atoms with Crippen LogP contribution in [-0.4, -0.2) is 31.5 Å². The van der Waals surface area contributed by atoms with E-state index in [0.29, 0.717) is 31.2 Å². The standard InChI is InChI=1S/C11H12BrClINO2/c12-10-2-1-8(14)7-9(10)11(16)15-4-6-17-5-3-13/h1-2,7H,3-6H2,(H,15,16). The summed E-state index contributed by atoms with van der Waals surface area (Å²) in [6.45, 7) is 1.46. The van der Waals surface area contributed by atoms with Crippen LogP contribution in [0.25, 0.3) is 0 Å². The first-order chi connectivity index (χ1) is 8.15. The first kappa shape index (κ1) is 15.2. The lowest BCUT2D eigenvalue weighted by molar-refractivity contribution is 0.0922. The van der Waals surface area contributed by atoms with Gasteiger partial charge in [-0.2, -0.15) is 0 Å². The molecule has 0 radical (unpaired) electrons. The molecule has 1 rings (SSSR count). The van der Waals surface area contributed by atoms with E-state index in [0.717, 1.165) is 8.04 Å². The molecule has 0 spiro atoms. The Labute approximate surface area is 128 Å². The molecule has 0 heterocycles. The van der Waals surface area contributed by atoms with E-state index in [1.54, 1.807) is 0 Å². The molecule has 0 fully saturated rings. The summed E-state index contributed by atoms with van der Waals surface area (Å²) in [7, 11) is 0. The van der Waals surface area contributed by atoms with Gasteiger partial charge in [-0.05, 0) is 56.7 Å². The van der Waals surface area contributed by atoms with Crippen molar-refractivity contribution in [3.05, 3.63) is 31.8 Å². The summed E-state index contributed by atoms with van der Waals surface area (Å²) in [6.07, 6.45) is 0. The molecule has 0 atom stereocenters. The van der Waals surface area contributed by atoms with Gasteiger partial charge in [0.1, 0.15) is 0 Å². The van der Waals surface area contributed by atoms with E-state index < -0.39 is 0 Å². The van der Waals surface area contributed by atoms with Crippen molar-refractivity contribution in [2.24, 2.45) is 0 Å². The Hall–Kier alpha value is 0.150. The van der Waals surface area contributed by atoms with Crippen LogP contribution in [0.15, 0.2) is 22.7 Å². The molecule has 0 saturated heterocycles. The Balaban J connectivity index is 2.44. The maximum Gasteiger partial charge on any atom is 0.252 e. The minimum Gasteiger partial charge on any atom is -0.378 e. The minimum atomic E-state index is -0.107. The van der Waals surface area contributed by atoms with Crippen LogP contribution in [0, 0.1) is 3.57 Å². The highest BCUT2D eigenvalue weighted by molar-refractivity contribution is 14.1. The molecule has 3 nitrogen and oxygen atoms in total. The Bertz CT molecular complexity index is 390. The molecule has 1 amide bonds. The second kappa shape index (κ2) is 8.29. The van der Waals surface area contributed by atoms with Crippen LogP contribution in [0.3, 0.4) is 0 Å². The lowest BCUT2D eigenvalue weighted by atomic mass is 10.2. The lowest BCUT2D eigenvalue weighted by Crippen LogP contribution is -2.27. The predicted octanol–water partition coefficient (Wildman–Crippen LogP) is 3.04. The molecule has 0 aliphatic heterocycles. The van der Waals surface area contributed by atoms with Crippen LogP contribution in [-0.2, 0) is 4.74 Å². The van der Waals surface area contributed by atoms with Crippen LogP contribution in [0.4, 0.5) is 0 Å². The van der Waals surface area contributed by atoms with Crippen LogP contribution in [0.1, 0.15) is 10.4 Å². The van der Waals surface area contributed by atoms with Crippen molar-refractivity contribution < 1.29 is 9.53 Å². The van der Waals surface area contributed by atoms with Crippen molar-refractivity contribution in [3.8, 4) is 0 Å². The molecular weight excluding hydrogens is 420 g/mol. The first-order valence-corrected chi connectivity index (χ1v) is 7.42. The second-order valence-corrected chi connectivity index (χ2v) is 5.66. The van der Waals surface area contributed by atoms with E-state index in [1.165, 1.54) is 0 Å². The third kappa shape index (κ3) is 5.54. The molecule has 0 aromatic heterocycles. The zero-order chi connectivity index (χ0) is 12.7. The number of amides is 1. The maximum atomic E-state index is 11.8. The van der Waals surface area contributed by atoms with Gasteiger partial charge in [0.2, 0.25) is 0 Å². The van der Waals surface area contributed by atoms with E-state index in [2.05, 4.69) is 43.8 Å². The summed E-state index contributed by atoms with van der Waals surface area (Å²) in [5.74, 6) is 0.362. The van der Waals surface area contributed by atoms with Crippen LogP contribution >= 0.6 is 50.1 Å². The monoisotopic (exact) mass is 431 g/mol. The fourth-order valence-corrected chi connectivity index (χ4v) is 2.19. The fourth-order valence-electron chi connectivity index (χ4n) is 1.16. The van der Waals surface area contributed by atoms with Gasteiger partial charge in [-0.1, -0.05) is 0 Å². The quantitative estimate of drug-likeness (QED) is 0.426. The molecule has 1 aromatic carbocycles. The summed E-state index contributed by atoms with van der Waals surface area (Å²) >= 11 is 11.0. The Morgan fingerprint density at radius 3 is 2.94 bits per heavy atom. The smallest absolute Gasteiger partial charge is 0.252 e. The molecule has 1 N–H and O–H groups in total. The zero-order valence-corrected chi connectivity index (χ0v) is 13.5. The van der Waals surface area contributed by atoms with Crippen LogP contribution in [0.5, 0.6) is 0 Å². The van der Waals surface area contributed by atoms with Gasteiger partial charge in [-0.15, -0.1) is 11.6 Å². The number of ether oxygens (including phenoxy) is 1. The van der Waals surface area contributed by atoms with Crippen molar-refractivity contribution in [3.63, 3.8) is 0 Å². The van der Waals surface area contributed by atoms with Gasteiger partial charge in [0.05, 0.1) is 18.8 Å². The molecule has 94 valence electrons. The van der Waals surface area contributed by atoms with E-state index in [1.807, 2.05) is 18.2 Å². The molecule has 0 unspecified atom stereocenters. The second-order valence-electron chi connectivity index (χ2n) is 3.18. The normalized spacial score (nSPS) is 10.3. The van der Waals surface area contributed by atoms with Gasteiger partial charge < -0.3 is 10.1 Å². The SMILES string of the molecule is O=C(NCCOCCCl)c1cc(I)ccc1Br. The predicted molar refractivity (Wildman–Crippen MR) is 80.7 cm³/mol. The Kier molecular flexibility index (Phi) is 7.41. The molecule has 0 saturated carbocycles. The highest BCUT2D eigenvalue weighted by Crippen LogP contribution is 2.19. The van der Waals surface area contributed by atoms with Gasteiger partial charge in [-0.3, -0.25) is 4.79 Å². The van der Waals surface area contributed by atoms with Crippen molar-refractivity contribution in [1.29, 1.82) is 0 Å². The summed E-state index contributed by atoms with van der Waals surface area (Å²) < 4.78 is 6.97. The summed E-state index contributed by atoms with van der Waals surface area (Å²) in [5.41, 5.74) is 0.634. The number of nitrogens with one attached hydrogen (secondary N) is 1. The van der Waals surface area contributed by atoms with E-state index in [4.69, 9.17) is 16.3 Å². The third-order valence-electron chi connectivity index (χ3n) is 1.93. The Morgan fingerprint density at radius 1 is 1.47 bits per heavy atom. The lowest BCUT2D eigenvalue weighted by Gasteiger charge is -2.07. The van der Waals surface area contributed by atoms with Gasteiger partial charge in [-0.25, -0.2) is 0 Å². The summed E-state index contributed by atoms with van der Waals surface area (Å²) in [5, 5.41) is 2.79. The molecule has 0 bridgehead atoms. The zero-order valence-electron chi connectivity index (χ0n) is 9.01. The van der Waals surface area contributed by atoms with Crippen molar-refractivity contribution in [1.82, 2.24) is 5.32 Å². The fraction of sp³-hybridized carbons (Fsp3) is 0.364. The number of rotatable bonds is 6. The molecule has 1 aromatic rings. The van der Waals surface area contributed by atoms with Crippen LogP contribution in [0.2, 0.25) is 0 Å². The number of hydrogen-bond acceptors (Lipinski definition) is 2. The molecule has 0 aliphatic rings. The first-order valence-electron chi connectivity index (χ1n) is 5.02.